The van der Waals surface area contributed by atoms with Gasteiger partial charge in [0.2, 0.25) is 5.91 Å². The van der Waals surface area contributed by atoms with Crippen LogP contribution in [0.4, 0.5) is 0 Å². The zero-order valence-electron chi connectivity index (χ0n) is 55.0. The number of fused-ring (bicyclic) bond motifs is 5. The van der Waals surface area contributed by atoms with E-state index in [0.29, 0.717) is 48.3 Å². The molecule has 0 unspecified atom stereocenters. The summed E-state index contributed by atoms with van der Waals surface area (Å²) in [4.78, 5) is 32.5. The molecule has 7 nitrogen and oxygen atoms in total. The zero-order valence-corrected chi connectivity index (χ0v) is 55.0. The fourth-order valence-corrected chi connectivity index (χ4v) is 17.4. The molecular formula is C73H139N3O4. The van der Waals surface area contributed by atoms with E-state index in [2.05, 4.69) is 70.5 Å². The van der Waals surface area contributed by atoms with Crippen molar-refractivity contribution >= 4 is 11.9 Å². The Balaban J connectivity index is 1.21. The largest absolute Gasteiger partial charge is 0.462 e. The van der Waals surface area contributed by atoms with E-state index in [1.807, 2.05) is 0 Å². The second-order valence-corrected chi connectivity index (χ2v) is 28.5. The number of nitrogens with one attached hydrogen (secondary N) is 1. The van der Waals surface area contributed by atoms with Crippen molar-refractivity contribution in [3.8, 4) is 0 Å². The first-order valence-electron chi connectivity index (χ1n) is 36.6. The molecule has 80 heavy (non-hydrogen) atoms. The number of aliphatic hydroxyl groups excluding tert-OH is 1. The van der Waals surface area contributed by atoms with Gasteiger partial charge in [-0.25, -0.2) is 0 Å². The molecule has 0 bridgehead atoms. The Labute approximate surface area is 498 Å². The van der Waals surface area contributed by atoms with Crippen LogP contribution >= 0.6 is 0 Å². The van der Waals surface area contributed by atoms with E-state index in [-0.39, 0.29) is 40.8 Å². The second kappa shape index (κ2) is 42.6. The first-order chi connectivity index (χ1) is 39.0. The number of unbranched alkanes of at least 4 members (excludes halogenated alkanes) is 28. The van der Waals surface area contributed by atoms with E-state index in [1.165, 1.54) is 257 Å². The Bertz CT molecular complexity index is 1500. The molecule has 0 aromatic heterocycles. The highest BCUT2D eigenvalue weighted by Gasteiger charge is 2.65. The zero-order chi connectivity index (χ0) is 57.7. The van der Waals surface area contributed by atoms with Crippen LogP contribution < -0.4 is 5.32 Å². The fourth-order valence-electron chi connectivity index (χ4n) is 17.4. The summed E-state index contributed by atoms with van der Waals surface area (Å²) in [7, 11) is 0. The maximum atomic E-state index is 13.6. The third-order valence-corrected chi connectivity index (χ3v) is 22.4. The molecule has 0 heterocycles. The van der Waals surface area contributed by atoms with Crippen molar-refractivity contribution in [2.75, 3.05) is 45.8 Å². The molecule has 2 N–H and O–H groups in total. The molecule has 7 heteroatoms. The molecule has 0 aromatic rings. The van der Waals surface area contributed by atoms with Crippen LogP contribution in [0.5, 0.6) is 0 Å². The van der Waals surface area contributed by atoms with Gasteiger partial charge in [0.05, 0.1) is 6.10 Å². The first-order valence-corrected chi connectivity index (χ1v) is 36.6. The summed E-state index contributed by atoms with van der Waals surface area (Å²) in [5.41, 5.74) is 0.400. The number of carbonyl (C=O) groups is 2. The Morgan fingerprint density at radius 3 is 1.38 bits per heavy atom. The van der Waals surface area contributed by atoms with Crippen molar-refractivity contribution in [3.05, 3.63) is 0 Å². The Morgan fingerprint density at radius 2 is 0.912 bits per heavy atom. The van der Waals surface area contributed by atoms with Crippen LogP contribution in [0.3, 0.4) is 0 Å². The van der Waals surface area contributed by atoms with Crippen molar-refractivity contribution in [1.82, 2.24) is 15.1 Å². The average Bonchev–Trinajstić information content (AvgIpc) is 3.94. The Kier molecular flexibility index (Phi) is 38.0. The summed E-state index contributed by atoms with van der Waals surface area (Å²) in [6.07, 6.45) is 56.3. The van der Waals surface area contributed by atoms with Crippen LogP contribution in [0.15, 0.2) is 0 Å². The highest BCUT2D eigenvalue weighted by molar-refractivity contribution is 5.75. The number of amides is 1. The van der Waals surface area contributed by atoms with E-state index in [1.54, 1.807) is 0 Å². The summed E-state index contributed by atoms with van der Waals surface area (Å²) in [5.74, 6) is 3.45. The number of carbonyl (C=O) groups excluding carboxylic acids is 2. The molecule has 4 rings (SSSR count). The number of rotatable bonds is 50. The van der Waals surface area contributed by atoms with E-state index in [4.69, 9.17) is 4.74 Å². The lowest BCUT2D eigenvalue weighted by molar-refractivity contribution is -0.207. The topological polar surface area (TPSA) is 82.1 Å². The summed E-state index contributed by atoms with van der Waals surface area (Å²) in [5, 5.41) is 16.0. The van der Waals surface area contributed by atoms with Crippen molar-refractivity contribution in [2.45, 2.75) is 357 Å². The molecule has 0 aliphatic heterocycles. The van der Waals surface area contributed by atoms with Crippen molar-refractivity contribution in [1.29, 1.82) is 0 Å². The summed E-state index contributed by atoms with van der Waals surface area (Å²) < 4.78 is 6.43. The molecule has 4 fully saturated rings. The number of nitrogens with zero attached hydrogens (tertiary/aromatic N) is 2. The number of hydrogen-bond donors (Lipinski definition) is 2. The highest BCUT2D eigenvalue weighted by Crippen LogP contribution is 2.69. The molecule has 0 saturated heterocycles. The maximum Gasteiger partial charge on any atom is 0.306 e. The van der Waals surface area contributed by atoms with E-state index < -0.39 is 0 Å². The van der Waals surface area contributed by atoms with Gasteiger partial charge in [-0.15, -0.1) is 0 Å². The SMILES string of the molecule is CCCCCCCCCCN(CCCCCCCCCC)CCCNC(=O)CC[C@@H](C)[C@H]1CC[C@H]2[C@@H]3[C@H](O)[C@H](CC)[C@@H]4C[C@H](OC(=O)CCCN(CCCCCCCCCC)CCCCCCCCCC)CC[C@]4(C)[C@H]3CC[C@]12C. The summed E-state index contributed by atoms with van der Waals surface area (Å²) in [6.45, 7) is 26.8. The summed E-state index contributed by atoms with van der Waals surface area (Å²) in [6, 6.07) is 0. The van der Waals surface area contributed by atoms with E-state index >= 15 is 0 Å². The molecule has 4 aliphatic carbocycles. The van der Waals surface area contributed by atoms with Crippen LogP contribution in [0.1, 0.15) is 344 Å². The third-order valence-electron chi connectivity index (χ3n) is 22.4. The summed E-state index contributed by atoms with van der Waals surface area (Å²) >= 11 is 0. The monoisotopic (exact) mass is 1120 g/mol. The van der Waals surface area contributed by atoms with E-state index in [0.717, 1.165) is 64.6 Å². The van der Waals surface area contributed by atoms with Gasteiger partial charge in [-0.2, -0.15) is 0 Å². The highest BCUT2D eigenvalue weighted by atomic mass is 16.5. The maximum absolute atomic E-state index is 13.6. The minimum atomic E-state index is -0.286. The Morgan fingerprint density at radius 1 is 0.500 bits per heavy atom. The van der Waals surface area contributed by atoms with Gasteiger partial charge in [0.15, 0.2) is 0 Å². The van der Waals surface area contributed by atoms with Gasteiger partial charge in [0.25, 0.3) is 0 Å². The minimum absolute atomic E-state index is 0.00698. The van der Waals surface area contributed by atoms with Crippen molar-refractivity contribution in [3.63, 3.8) is 0 Å². The molecule has 0 aromatic carbocycles. The quantitative estimate of drug-likeness (QED) is 0.0467. The predicted octanol–water partition coefficient (Wildman–Crippen LogP) is 20.0. The smallest absolute Gasteiger partial charge is 0.306 e. The standard InChI is InChI=1S/C73H139N3O4/c1-9-14-18-22-26-30-34-38-54-75(55-39-35-31-27-23-19-15-10-2)58-42-44-69(78)80-62-49-51-73(8)66-50-52-72(7)64(46-47-65(72)70(66)71(79)63(13-5)67(73)60-62)61(6)45-48-68(77)74-53-43-59-76(56-40-36-32-28-24-20-16-11-3)57-41-37-33-29-25-21-17-12-4/h61-67,70-71,79H,9-60H2,1-8H3,(H,74,77)/t61-,62-,63-,64-,65+,66+,67+,70+,71-,72-,73-/m1/s1. The lowest BCUT2D eigenvalue weighted by Crippen LogP contribution is -2.62. The van der Waals surface area contributed by atoms with Crippen molar-refractivity contribution in [2.24, 2.45) is 52.3 Å². The number of ether oxygens (including phenoxy) is 1. The van der Waals surface area contributed by atoms with Gasteiger partial charge in [-0.1, -0.05) is 242 Å². The molecule has 470 valence electrons. The number of esters is 1. The van der Waals surface area contributed by atoms with Gasteiger partial charge in [0.1, 0.15) is 6.10 Å². The van der Waals surface area contributed by atoms with E-state index in [9.17, 15) is 14.7 Å². The minimum Gasteiger partial charge on any atom is -0.462 e. The number of hydrogen-bond acceptors (Lipinski definition) is 6. The molecule has 4 aliphatic rings. The first kappa shape index (κ1) is 71.3. The van der Waals surface area contributed by atoms with Gasteiger partial charge in [-0.3, -0.25) is 9.59 Å². The lowest BCUT2D eigenvalue weighted by atomic mass is 9.41. The Hall–Kier alpha value is -1.18. The van der Waals surface area contributed by atoms with Gasteiger partial charge < -0.3 is 25.0 Å². The number of aliphatic hydroxyl groups is 1. The third kappa shape index (κ3) is 25.4. The molecule has 4 saturated carbocycles. The van der Waals surface area contributed by atoms with Crippen LogP contribution in [-0.4, -0.2) is 84.8 Å². The molecule has 0 spiro atoms. The van der Waals surface area contributed by atoms with Crippen LogP contribution in [0.25, 0.3) is 0 Å². The second-order valence-electron chi connectivity index (χ2n) is 28.5. The van der Waals surface area contributed by atoms with Crippen LogP contribution in [0, 0.1) is 52.3 Å². The van der Waals surface area contributed by atoms with Crippen LogP contribution in [0.2, 0.25) is 0 Å². The predicted molar refractivity (Wildman–Crippen MR) is 344 cm³/mol. The van der Waals surface area contributed by atoms with Gasteiger partial charge >= 0.3 is 5.97 Å². The molecule has 11 atom stereocenters. The molecular weight excluding hydrogens is 983 g/mol. The normalized spacial score (nSPS) is 26.8. The van der Waals surface area contributed by atoms with Crippen molar-refractivity contribution < 1.29 is 19.4 Å². The average molecular weight is 1120 g/mol. The fraction of sp³-hybridized carbons (Fsp3) is 0.973. The molecule has 1 amide bonds. The lowest BCUT2D eigenvalue weighted by Gasteiger charge is -2.65. The van der Waals surface area contributed by atoms with Gasteiger partial charge in [0, 0.05) is 19.4 Å². The molecule has 0 radical (unpaired) electrons. The van der Waals surface area contributed by atoms with Gasteiger partial charge in [-0.05, 0) is 181 Å². The van der Waals surface area contributed by atoms with Crippen LogP contribution in [-0.2, 0) is 14.3 Å².